The van der Waals surface area contributed by atoms with Gasteiger partial charge in [-0.25, -0.2) is 13.2 Å². The van der Waals surface area contributed by atoms with Gasteiger partial charge in [0.15, 0.2) is 0 Å². The van der Waals surface area contributed by atoms with Gasteiger partial charge in [-0.05, 0) is 48.6 Å². The molecule has 0 bridgehead atoms. The molecule has 0 radical (unpaired) electrons. The second kappa shape index (κ2) is 16.6. The number of rotatable bonds is 16. The minimum Gasteiger partial charge on any atom is -0.444 e. The number of nitrogens with one attached hydrogen (secondary N) is 2. The first-order valence-corrected chi connectivity index (χ1v) is 15.8. The standard InChI is InChI=1S/C30H43N3O8S/c1-4-15-39-21-29(35)31-24-10-12-26(13-11-24)42(37,38)33(18-22(2)3)19-28(34)27(17-23-8-6-5-7-9-23)32-30(36)41-25-14-16-40-20-25/h5-13,22,25,27-28,34H,4,14-21H2,1-3H3,(H,31,35)(H,32,36). The Morgan fingerprint density at radius 3 is 2.43 bits per heavy atom. The highest BCUT2D eigenvalue weighted by atomic mass is 32.2. The maximum absolute atomic E-state index is 13.7. The van der Waals surface area contributed by atoms with Gasteiger partial charge in [-0.1, -0.05) is 51.1 Å². The molecule has 2 amide bonds. The minimum atomic E-state index is -4.03. The topological polar surface area (TPSA) is 143 Å². The molecule has 11 nitrogen and oxygen atoms in total. The van der Waals surface area contributed by atoms with Crippen LogP contribution in [0.25, 0.3) is 0 Å². The number of alkyl carbamates (subject to hydrolysis) is 1. The number of benzene rings is 2. The normalized spacial score (nSPS) is 16.8. The predicted octanol–water partition coefficient (Wildman–Crippen LogP) is 3.19. The van der Waals surface area contributed by atoms with Crippen molar-refractivity contribution in [3.8, 4) is 0 Å². The molecule has 0 aliphatic carbocycles. The van der Waals surface area contributed by atoms with Crippen molar-refractivity contribution in [2.24, 2.45) is 5.92 Å². The van der Waals surface area contributed by atoms with Crippen LogP contribution < -0.4 is 10.6 Å². The molecule has 0 aromatic heterocycles. The van der Waals surface area contributed by atoms with Crippen LogP contribution in [0.3, 0.4) is 0 Å². The minimum absolute atomic E-state index is 0.0174. The van der Waals surface area contributed by atoms with Crippen molar-refractivity contribution in [3.05, 3.63) is 60.2 Å². The van der Waals surface area contributed by atoms with Crippen LogP contribution in [0.5, 0.6) is 0 Å². The maximum Gasteiger partial charge on any atom is 0.407 e. The number of carbonyl (C=O) groups excluding carboxylic acids is 2. The largest absolute Gasteiger partial charge is 0.444 e. The van der Waals surface area contributed by atoms with Crippen molar-refractivity contribution in [1.29, 1.82) is 0 Å². The molecule has 3 rings (SSSR count). The van der Waals surface area contributed by atoms with Gasteiger partial charge in [0, 0.05) is 31.8 Å². The van der Waals surface area contributed by atoms with E-state index in [0.717, 1.165) is 12.0 Å². The molecule has 0 spiro atoms. The highest BCUT2D eigenvalue weighted by Gasteiger charge is 2.32. The van der Waals surface area contributed by atoms with E-state index in [1.807, 2.05) is 51.1 Å². The number of amides is 2. The summed E-state index contributed by atoms with van der Waals surface area (Å²) in [5, 5.41) is 16.8. The molecular formula is C30H43N3O8S. The second-order valence-corrected chi connectivity index (χ2v) is 12.7. The third-order valence-corrected chi connectivity index (χ3v) is 8.39. The van der Waals surface area contributed by atoms with Crippen LogP contribution in [0.4, 0.5) is 10.5 Å². The summed E-state index contributed by atoms with van der Waals surface area (Å²) in [5.74, 6) is -0.374. The summed E-state index contributed by atoms with van der Waals surface area (Å²) in [6, 6.07) is 14.3. The zero-order chi connectivity index (χ0) is 30.5. The van der Waals surface area contributed by atoms with Crippen molar-refractivity contribution >= 4 is 27.7 Å². The van der Waals surface area contributed by atoms with Crippen LogP contribution in [0.15, 0.2) is 59.5 Å². The van der Waals surface area contributed by atoms with Gasteiger partial charge in [0.1, 0.15) is 12.7 Å². The number of aliphatic hydroxyl groups excluding tert-OH is 1. The first-order valence-electron chi connectivity index (χ1n) is 14.3. The lowest BCUT2D eigenvalue weighted by atomic mass is 10.0. The van der Waals surface area contributed by atoms with Gasteiger partial charge in [0.05, 0.1) is 30.3 Å². The molecule has 2 aromatic carbocycles. The van der Waals surface area contributed by atoms with Crippen LogP contribution in [0.1, 0.15) is 39.2 Å². The average Bonchev–Trinajstić information content (AvgIpc) is 3.46. The van der Waals surface area contributed by atoms with Crippen LogP contribution >= 0.6 is 0 Å². The average molecular weight is 606 g/mol. The van der Waals surface area contributed by atoms with Crippen molar-refractivity contribution in [2.75, 3.05) is 44.8 Å². The van der Waals surface area contributed by atoms with E-state index in [4.69, 9.17) is 14.2 Å². The van der Waals surface area contributed by atoms with Crippen LogP contribution in [-0.4, -0.2) is 87.6 Å². The lowest BCUT2D eigenvalue weighted by Gasteiger charge is -2.30. The summed E-state index contributed by atoms with van der Waals surface area (Å²) in [7, 11) is -4.03. The summed E-state index contributed by atoms with van der Waals surface area (Å²) in [4.78, 5) is 24.8. The van der Waals surface area contributed by atoms with Crippen molar-refractivity contribution in [1.82, 2.24) is 9.62 Å². The Hall–Kier alpha value is -3.03. The fourth-order valence-corrected chi connectivity index (χ4v) is 6.09. The third kappa shape index (κ3) is 10.7. The fraction of sp³-hybridized carbons (Fsp3) is 0.533. The van der Waals surface area contributed by atoms with Crippen molar-refractivity contribution in [3.63, 3.8) is 0 Å². The van der Waals surface area contributed by atoms with Gasteiger partial charge in [0.25, 0.3) is 0 Å². The third-order valence-electron chi connectivity index (χ3n) is 6.54. The number of carbonyl (C=O) groups is 2. The summed E-state index contributed by atoms with van der Waals surface area (Å²) >= 11 is 0. The lowest BCUT2D eigenvalue weighted by molar-refractivity contribution is -0.120. The number of hydrogen-bond donors (Lipinski definition) is 3. The Labute approximate surface area is 248 Å². The van der Waals surface area contributed by atoms with Crippen LogP contribution in [-0.2, 0) is 35.4 Å². The number of nitrogens with zero attached hydrogens (tertiary/aromatic N) is 1. The summed E-state index contributed by atoms with van der Waals surface area (Å²) in [6.07, 6.45) is -0.646. The maximum atomic E-state index is 13.7. The quantitative estimate of drug-likeness (QED) is 0.248. The summed E-state index contributed by atoms with van der Waals surface area (Å²) in [6.45, 7) is 6.82. The highest BCUT2D eigenvalue weighted by Crippen LogP contribution is 2.21. The molecule has 1 aliphatic rings. The molecule has 1 aliphatic heterocycles. The lowest BCUT2D eigenvalue weighted by Crippen LogP contribution is -2.51. The first-order chi connectivity index (χ1) is 20.1. The van der Waals surface area contributed by atoms with E-state index < -0.39 is 28.3 Å². The van der Waals surface area contributed by atoms with E-state index in [0.29, 0.717) is 31.9 Å². The highest BCUT2D eigenvalue weighted by molar-refractivity contribution is 7.89. The van der Waals surface area contributed by atoms with Gasteiger partial charge < -0.3 is 30.0 Å². The van der Waals surface area contributed by atoms with Gasteiger partial charge in [-0.2, -0.15) is 4.31 Å². The molecule has 3 atom stereocenters. The fourth-order valence-electron chi connectivity index (χ4n) is 4.47. The molecule has 1 fully saturated rings. The van der Waals surface area contributed by atoms with Crippen molar-refractivity contribution < 1.29 is 37.3 Å². The Kier molecular flexibility index (Phi) is 13.2. The molecule has 12 heteroatoms. The monoisotopic (exact) mass is 605 g/mol. The predicted molar refractivity (Wildman–Crippen MR) is 159 cm³/mol. The molecule has 3 N–H and O–H groups in total. The van der Waals surface area contributed by atoms with E-state index in [1.54, 1.807) is 0 Å². The van der Waals surface area contributed by atoms with E-state index in [-0.39, 0.29) is 48.9 Å². The van der Waals surface area contributed by atoms with Crippen molar-refractivity contribution in [2.45, 2.75) is 63.2 Å². The molecule has 0 saturated carbocycles. The summed E-state index contributed by atoms with van der Waals surface area (Å²) < 4.78 is 44.6. The number of anilines is 1. The SMILES string of the molecule is CCCOCC(=O)Nc1ccc(S(=O)(=O)N(CC(C)C)CC(O)C(Cc2ccccc2)NC(=O)OC2CCOC2)cc1. The Morgan fingerprint density at radius 2 is 1.81 bits per heavy atom. The molecule has 1 heterocycles. The molecule has 2 aromatic rings. The Balaban J connectivity index is 1.75. The molecule has 42 heavy (non-hydrogen) atoms. The number of ether oxygens (including phenoxy) is 3. The van der Waals surface area contributed by atoms with E-state index >= 15 is 0 Å². The number of aliphatic hydroxyl groups is 1. The van der Waals surface area contributed by atoms with E-state index in [9.17, 15) is 23.1 Å². The number of sulfonamides is 1. The summed E-state index contributed by atoms with van der Waals surface area (Å²) in [5.41, 5.74) is 1.30. The van der Waals surface area contributed by atoms with Gasteiger partial charge in [-0.15, -0.1) is 0 Å². The zero-order valence-corrected chi connectivity index (χ0v) is 25.3. The molecule has 1 saturated heterocycles. The van der Waals surface area contributed by atoms with Crippen LogP contribution in [0.2, 0.25) is 0 Å². The molecule has 3 unspecified atom stereocenters. The Bertz CT molecular complexity index is 1220. The van der Waals surface area contributed by atoms with Crippen LogP contribution in [0, 0.1) is 5.92 Å². The van der Waals surface area contributed by atoms with Gasteiger partial charge in [-0.3, -0.25) is 4.79 Å². The van der Waals surface area contributed by atoms with Gasteiger partial charge >= 0.3 is 6.09 Å². The zero-order valence-electron chi connectivity index (χ0n) is 24.5. The Morgan fingerprint density at radius 1 is 1.10 bits per heavy atom. The first kappa shape index (κ1) is 33.5. The second-order valence-electron chi connectivity index (χ2n) is 10.7. The molecule has 232 valence electrons. The smallest absolute Gasteiger partial charge is 0.407 e. The van der Waals surface area contributed by atoms with E-state index in [2.05, 4.69) is 10.6 Å². The number of hydrogen-bond acceptors (Lipinski definition) is 8. The molecular weight excluding hydrogens is 562 g/mol. The van der Waals surface area contributed by atoms with E-state index in [1.165, 1.54) is 28.6 Å². The van der Waals surface area contributed by atoms with Gasteiger partial charge in [0.2, 0.25) is 15.9 Å².